The Morgan fingerprint density at radius 2 is 2.08 bits per heavy atom. The molecule has 2 aliphatic rings. The third kappa shape index (κ3) is 2.90. The van der Waals surface area contributed by atoms with Gasteiger partial charge in [0.15, 0.2) is 0 Å². The number of carbonyl (C=O) groups is 1. The van der Waals surface area contributed by atoms with Gasteiger partial charge in [0.05, 0.1) is 12.0 Å². The minimum atomic E-state index is 0.114. The van der Waals surface area contributed by atoms with Gasteiger partial charge < -0.3 is 14.8 Å². The van der Waals surface area contributed by atoms with Gasteiger partial charge >= 0.3 is 0 Å². The van der Waals surface area contributed by atoms with E-state index in [0.717, 1.165) is 56.8 Å². The molecule has 1 fully saturated rings. The summed E-state index contributed by atoms with van der Waals surface area (Å²) in [6.07, 6.45) is 4.40. The summed E-state index contributed by atoms with van der Waals surface area (Å²) in [7, 11) is 0. The molecule has 1 aliphatic heterocycles. The van der Waals surface area contributed by atoms with E-state index in [4.69, 9.17) is 0 Å². The molecular formula is C19H24N4O. The molecule has 126 valence electrons. The molecule has 1 amide bonds. The molecule has 5 heteroatoms. The topological polar surface area (TPSA) is 52.2 Å². The van der Waals surface area contributed by atoms with E-state index in [9.17, 15) is 4.79 Å². The maximum Gasteiger partial charge on any atom is 0.226 e. The molecule has 0 radical (unpaired) electrons. The Morgan fingerprint density at radius 3 is 2.88 bits per heavy atom. The van der Waals surface area contributed by atoms with E-state index in [1.54, 1.807) is 6.33 Å². The summed E-state index contributed by atoms with van der Waals surface area (Å²) < 4.78 is 0. The van der Waals surface area contributed by atoms with Crippen molar-refractivity contribution in [1.82, 2.24) is 14.9 Å². The van der Waals surface area contributed by atoms with Crippen LogP contribution in [0.25, 0.3) is 0 Å². The predicted octanol–water partition coefficient (Wildman–Crippen LogP) is 2.17. The van der Waals surface area contributed by atoms with Gasteiger partial charge in [-0.2, -0.15) is 0 Å². The van der Waals surface area contributed by atoms with Gasteiger partial charge in [0, 0.05) is 49.9 Å². The van der Waals surface area contributed by atoms with E-state index in [1.807, 2.05) is 0 Å². The van der Waals surface area contributed by atoms with Crippen LogP contribution in [0, 0.1) is 12.8 Å². The van der Waals surface area contributed by atoms with Gasteiger partial charge in [0.25, 0.3) is 0 Å². The van der Waals surface area contributed by atoms with Gasteiger partial charge in [0.2, 0.25) is 5.91 Å². The summed E-state index contributed by atoms with van der Waals surface area (Å²) in [4.78, 5) is 24.8. The Labute approximate surface area is 142 Å². The van der Waals surface area contributed by atoms with Gasteiger partial charge in [-0.05, 0) is 37.5 Å². The van der Waals surface area contributed by atoms with E-state index in [1.165, 1.54) is 11.3 Å². The highest BCUT2D eigenvalue weighted by Crippen LogP contribution is 2.25. The molecule has 1 aliphatic carbocycles. The Balaban J connectivity index is 1.37. The van der Waals surface area contributed by atoms with Crippen molar-refractivity contribution >= 4 is 11.6 Å². The first kappa shape index (κ1) is 15.2. The number of anilines is 1. The molecule has 1 aromatic heterocycles. The normalized spacial score (nSPS) is 20.8. The molecule has 1 N–H and O–H groups in total. The second-order valence-electron chi connectivity index (χ2n) is 6.92. The monoisotopic (exact) mass is 324 g/mol. The quantitative estimate of drug-likeness (QED) is 0.921. The zero-order chi connectivity index (χ0) is 16.5. The average molecular weight is 324 g/mol. The van der Waals surface area contributed by atoms with Gasteiger partial charge in [-0.25, -0.2) is 4.98 Å². The Hall–Kier alpha value is -2.30. The molecule has 24 heavy (non-hydrogen) atoms. The first-order chi connectivity index (χ1) is 11.7. The van der Waals surface area contributed by atoms with E-state index in [2.05, 4.69) is 51.0 Å². The number of H-pyrrole nitrogens is 1. The number of benzene rings is 1. The van der Waals surface area contributed by atoms with Crippen LogP contribution in [0.5, 0.6) is 0 Å². The molecular weight excluding hydrogens is 300 g/mol. The Kier molecular flexibility index (Phi) is 4.00. The average Bonchev–Trinajstić information content (AvgIpc) is 3.09. The lowest BCUT2D eigenvalue weighted by Crippen LogP contribution is -2.51. The van der Waals surface area contributed by atoms with Crippen molar-refractivity contribution in [1.29, 1.82) is 0 Å². The van der Waals surface area contributed by atoms with Gasteiger partial charge in [-0.1, -0.05) is 12.1 Å². The molecule has 0 saturated carbocycles. The lowest BCUT2D eigenvalue weighted by atomic mass is 9.88. The van der Waals surface area contributed by atoms with Crippen LogP contribution in [-0.4, -0.2) is 47.0 Å². The largest absolute Gasteiger partial charge is 0.368 e. The number of fused-ring (bicyclic) bond motifs is 1. The number of rotatable bonds is 2. The number of hydrogen-bond acceptors (Lipinski definition) is 3. The summed E-state index contributed by atoms with van der Waals surface area (Å²) in [6, 6.07) is 8.60. The van der Waals surface area contributed by atoms with Crippen molar-refractivity contribution in [2.24, 2.45) is 5.92 Å². The zero-order valence-corrected chi connectivity index (χ0v) is 14.2. The Bertz CT molecular complexity index is 730. The van der Waals surface area contributed by atoms with Crippen molar-refractivity contribution < 1.29 is 4.79 Å². The minimum absolute atomic E-state index is 0.114. The highest BCUT2D eigenvalue weighted by Gasteiger charge is 2.31. The third-order valence-electron chi connectivity index (χ3n) is 5.30. The number of aryl methyl sites for hydroxylation is 2. The van der Waals surface area contributed by atoms with Gasteiger partial charge in [0.1, 0.15) is 0 Å². The summed E-state index contributed by atoms with van der Waals surface area (Å²) in [6.45, 7) is 5.59. The first-order valence-corrected chi connectivity index (χ1v) is 8.82. The van der Waals surface area contributed by atoms with E-state index >= 15 is 0 Å². The van der Waals surface area contributed by atoms with Gasteiger partial charge in [-0.15, -0.1) is 0 Å². The van der Waals surface area contributed by atoms with Crippen LogP contribution < -0.4 is 4.90 Å². The van der Waals surface area contributed by atoms with Crippen LogP contribution in [-0.2, 0) is 17.6 Å². The molecule has 2 heterocycles. The number of hydrogen-bond donors (Lipinski definition) is 1. The lowest BCUT2D eigenvalue weighted by Gasteiger charge is -2.38. The number of nitrogens with one attached hydrogen (secondary N) is 1. The van der Waals surface area contributed by atoms with Gasteiger partial charge in [-0.3, -0.25) is 4.79 Å². The number of imidazole rings is 1. The second kappa shape index (κ2) is 6.30. The molecule has 5 nitrogen and oxygen atoms in total. The lowest BCUT2D eigenvalue weighted by molar-refractivity contribution is -0.136. The van der Waals surface area contributed by atoms with E-state index in [-0.39, 0.29) is 5.92 Å². The SMILES string of the molecule is Cc1cccc(N2CCN(C(=O)C3CCc4nc[nH]c4C3)CC2)c1. The van der Waals surface area contributed by atoms with Crippen LogP contribution in [0.3, 0.4) is 0 Å². The van der Waals surface area contributed by atoms with Crippen LogP contribution >= 0.6 is 0 Å². The fourth-order valence-electron chi connectivity index (χ4n) is 3.88. The molecule has 1 aromatic carbocycles. The fourth-order valence-corrected chi connectivity index (χ4v) is 3.88. The van der Waals surface area contributed by atoms with Crippen LogP contribution in [0.1, 0.15) is 23.4 Å². The smallest absolute Gasteiger partial charge is 0.226 e. The van der Waals surface area contributed by atoms with Crippen molar-refractivity contribution in [3.63, 3.8) is 0 Å². The number of aromatic amines is 1. The molecule has 2 aromatic rings. The molecule has 1 atom stereocenters. The molecule has 1 saturated heterocycles. The predicted molar refractivity (Wildman–Crippen MR) is 94.1 cm³/mol. The number of amides is 1. The number of carbonyl (C=O) groups excluding carboxylic acids is 1. The molecule has 0 bridgehead atoms. The summed E-state index contributed by atoms with van der Waals surface area (Å²) in [5.41, 5.74) is 4.84. The van der Waals surface area contributed by atoms with E-state index in [0.29, 0.717) is 5.91 Å². The summed E-state index contributed by atoms with van der Waals surface area (Å²) in [5.74, 6) is 0.433. The number of nitrogens with zero attached hydrogens (tertiary/aromatic N) is 3. The molecule has 4 rings (SSSR count). The number of piperazine rings is 1. The molecule has 1 unspecified atom stereocenters. The first-order valence-electron chi connectivity index (χ1n) is 8.82. The minimum Gasteiger partial charge on any atom is -0.368 e. The zero-order valence-electron chi connectivity index (χ0n) is 14.2. The van der Waals surface area contributed by atoms with E-state index < -0.39 is 0 Å². The van der Waals surface area contributed by atoms with Crippen molar-refractivity contribution in [3.05, 3.63) is 47.5 Å². The van der Waals surface area contributed by atoms with Crippen molar-refractivity contribution in [2.75, 3.05) is 31.1 Å². The van der Waals surface area contributed by atoms with Crippen LogP contribution in [0.2, 0.25) is 0 Å². The van der Waals surface area contributed by atoms with Crippen LogP contribution in [0.4, 0.5) is 5.69 Å². The fraction of sp³-hybridized carbons (Fsp3) is 0.474. The third-order valence-corrected chi connectivity index (χ3v) is 5.30. The second-order valence-corrected chi connectivity index (χ2v) is 6.92. The standard InChI is InChI=1S/C19H24N4O/c1-14-3-2-4-16(11-14)22-7-9-23(10-8-22)19(24)15-5-6-17-18(12-15)21-13-20-17/h2-4,11,13,15H,5-10,12H2,1H3,(H,20,21). The van der Waals surface area contributed by atoms with Crippen LogP contribution in [0.15, 0.2) is 30.6 Å². The molecule has 0 spiro atoms. The highest BCUT2D eigenvalue weighted by molar-refractivity contribution is 5.79. The van der Waals surface area contributed by atoms with Crippen molar-refractivity contribution in [3.8, 4) is 0 Å². The summed E-state index contributed by atoms with van der Waals surface area (Å²) >= 11 is 0. The maximum absolute atomic E-state index is 12.9. The Morgan fingerprint density at radius 1 is 1.25 bits per heavy atom. The number of aromatic nitrogens is 2. The van der Waals surface area contributed by atoms with Crippen molar-refractivity contribution in [2.45, 2.75) is 26.2 Å². The highest BCUT2D eigenvalue weighted by atomic mass is 16.2. The maximum atomic E-state index is 12.9. The summed E-state index contributed by atoms with van der Waals surface area (Å²) in [5, 5.41) is 0.